The Morgan fingerprint density at radius 1 is 0.776 bits per heavy atom. The normalized spacial score (nSPS) is 21.9. The van der Waals surface area contributed by atoms with E-state index in [0.29, 0.717) is 11.8 Å². The predicted octanol–water partition coefficient (Wildman–Crippen LogP) is 13.5. The van der Waals surface area contributed by atoms with Crippen LogP contribution in [0.5, 0.6) is 0 Å². The molecular weight excluding hydrogens is 707 g/mol. The lowest BCUT2D eigenvalue weighted by Gasteiger charge is -2.45. The second-order valence-corrected chi connectivity index (χ2v) is 16.0. The molecule has 5 aliphatic rings. The molecule has 0 aliphatic heterocycles. The van der Waals surface area contributed by atoms with Crippen LogP contribution in [0.15, 0.2) is 184 Å². The number of para-hydroxylation sites is 2. The van der Waals surface area contributed by atoms with Gasteiger partial charge in [-0.2, -0.15) is 0 Å². The van der Waals surface area contributed by atoms with Gasteiger partial charge in [0.2, 0.25) is 0 Å². The van der Waals surface area contributed by atoms with Crippen LogP contribution in [-0.4, -0.2) is 16.2 Å². The standard InChI is InChI=1S/C54H39N3O/c1-3-31-16-25-42-38(28-29-56-53(42)52(31)55-4-2)37-22-18-33-19-23-40-36(21-17-32-20-24-41(37)49(33)48(32)40)34-10-9-11-35(30-34)51-45-27-26-43-39-12-6-8-15-47(39)58-54(43)50(45)44-13-5-7-14-46(44)57-51/h3-18,20-22,24-31,48-49,52H,1,19,23H2,2H3/b55-4-. The van der Waals surface area contributed by atoms with Crippen LogP contribution in [0.3, 0.4) is 0 Å². The molecular formula is C54H39N3O. The Balaban J connectivity index is 0.967. The summed E-state index contributed by atoms with van der Waals surface area (Å²) in [6.45, 7) is 6.08. The van der Waals surface area contributed by atoms with E-state index in [9.17, 15) is 0 Å². The smallest absolute Gasteiger partial charge is 0.144 e. The molecule has 0 spiro atoms. The topological polar surface area (TPSA) is 51.3 Å². The molecule has 3 heterocycles. The quantitative estimate of drug-likeness (QED) is 0.100. The maximum atomic E-state index is 6.62. The maximum absolute atomic E-state index is 6.62. The molecule has 58 heavy (non-hydrogen) atoms. The maximum Gasteiger partial charge on any atom is 0.144 e. The van der Waals surface area contributed by atoms with E-state index >= 15 is 0 Å². The highest BCUT2D eigenvalue weighted by Crippen LogP contribution is 2.56. The summed E-state index contributed by atoms with van der Waals surface area (Å²) in [6, 6.07) is 32.4. The molecule has 0 bridgehead atoms. The van der Waals surface area contributed by atoms with Crippen molar-refractivity contribution in [1.29, 1.82) is 0 Å². The SMILES string of the molecule is C=CC1C=Cc2c(C3=CC=C4CCC5=C(c6cccc(-c7nc8ccccc8c8c7ccc7c9ccccc9oc78)c6)C=CC6=CC=C3C4C65)ccnc2C1/N=C\C. The number of rotatable bonds is 5. The molecule has 4 aromatic carbocycles. The van der Waals surface area contributed by atoms with Crippen molar-refractivity contribution in [2.24, 2.45) is 22.7 Å². The summed E-state index contributed by atoms with van der Waals surface area (Å²) in [4.78, 5) is 15.1. The number of aliphatic imine (C=N–C) groups is 1. The minimum absolute atomic E-state index is 0.0651. The van der Waals surface area contributed by atoms with Gasteiger partial charge in [0.1, 0.15) is 17.2 Å². The number of fused-ring (bicyclic) bond motifs is 8. The van der Waals surface area contributed by atoms with Crippen LogP contribution in [0.4, 0.5) is 0 Å². The number of allylic oxidation sites excluding steroid dienone is 12. The van der Waals surface area contributed by atoms with Gasteiger partial charge in [-0.3, -0.25) is 9.98 Å². The molecule has 0 saturated heterocycles. The van der Waals surface area contributed by atoms with Crippen molar-refractivity contribution in [3.05, 3.63) is 197 Å². The summed E-state index contributed by atoms with van der Waals surface area (Å²) in [7, 11) is 0. The van der Waals surface area contributed by atoms with E-state index in [-0.39, 0.29) is 12.0 Å². The van der Waals surface area contributed by atoms with Gasteiger partial charge in [0.05, 0.1) is 16.9 Å². The van der Waals surface area contributed by atoms with Crippen LogP contribution in [-0.2, 0) is 0 Å². The van der Waals surface area contributed by atoms with Gasteiger partial charge in [-0.25, -0.2) is 4.98 Å². The molecule has 0 N–H and O–H groups in total. The molecule has 4 unspecified atom stereocenters. The largest absolute Gasteiger partial charge is 0.455 e. The molecule has 1 saturated carbocycles. The van der Waals surface area contributed by atoms with Crippen LogP contribution >= 0.6 is 0 Å². The average Bonchev–Trinajstić information content (AvgIpc) is 3.67. The minimum atomic E-state index is -0.0651. The zero-order chi connectivity index (χ0) is 38.5. The van der Waals surface area contributed by atoms with Gasteiger partial charge in [-0.15, -0.1) is 6.58 Å². The average molecular weight is 746 g/mol. The summed E-state index contributed by atoms with van der Waals surface area (Å²) in [5.41, 5.74) is 18.0. The van der Waals surface area contributed by atoms with Crippen LogP contribution in [0, 0.1) is 17.8 Å². The first-order chi connectivity index (χ1) is 28.7. The van der Waals surface area contributed by atoms with Crippen LogP contribution < -0.4 is 0 Å². The minimum Gasteiger partial charge on any atom is -0.455 e. The van der Waals surface area contributed by atoms with E-state index in [1.54, 1.807) is 0 Å². The molecule has 276 valence electrons. The molecule has 0 radical (unpaired) electrons. The monoisotopic (exact) mass is 745 g/mol. The fourth-order valence-corrected chi connectivity index (χ4v) is 10.6. The lowest BCUT2D eigenvalue weighted by atomic mass is 9.59. The van der Waals surface area contributed by atoms with Crippen molar-refractivity contribution in [3.63, 3.8) is 0 Å². The first-order valence-electron chi connectivity index (χ1n) is 20.4. The van der Waals surface area contributed by atoms with E-state index in [0.717, 1.165) is 73.4 Å². The summed E-state index contributed by atoms with van der Waals surface area (Å²) >= 11 is 0. The summed E-state index contributed by atoms with van der Waals surface area (Å²) < 4.78 is 6.62. The van der Waals surface area contributed by atoms with Gasteiger partial charge in [-0.05, 0) is 89.7 Å². The molecule has 3 aromatic heterocycles. The van der Waals surface area contributed by atoms with Gasteiger partial charge in [0, 0.05) is 62.0 Å². The van der Waals surface area contributed by atoms with Crippen LogP contribution in [0.2, 0.25) is 0 Å². The molecule has 12 rings (SSSR count). The van der Waals surface area contributed by atoms with E-state index in [1.807, 2.05) is 31.5 Å². The number of benzene rings is 4. The molecule has 4 nitrogen and oxygen atoms in total. The first-order valence-corrected chi connectivity index (χ1v) is 20.4. The van der Waals surface area contributed by atoms with Crippen molar-refractivity contribution in [2.45, 2.75) is 25.8 Å². The Labute approximate surface area is 337 Å². The number of aromatic nitrogens is 2. The van der Waals surface area contributed by atoms with Crippen molar-refractivity contribution in [1.82, 2.24) is 9.97 Å². The van der Waals surface area contributed by atoms with E-state index in [2.05, 4.69) is 140 Å². The molecule has 5 aliphatic carbocycles. The van der Waals surface area contributed by atoms with Gasteiger partial charge in [0.25, 0.3) is 0 Å². The van der Waals surface area contributed by atoms with Gasteiger partial charge < -0.3 is 4.42 Å². The molecule has 0 amide bonds. The van der Waals surface area contributed by atoms with E-state index in [1.165, 1.54) is 50.1 Å². The number of furan rings is 1. The Morgan fingerprint density at radius 3 is 2.55 bits per heavy atom. The summed E-state index contributed by atoms with van der Waals surface area (Å²) in [5.74, 6) is 0.716. The van der Waals surface area contributed by atoms with Crippen molar-refractivity contribution >= 4 is 67.1 Å². The highest BCUT2D eigenvalue weighted by Gasteiger charge is 2.43. The second-order valence-electron chi connectivity index (χ2n) is 16.0. The van der Waals surface area contributed by atoms with Crippen molar-refractivity contribution in [2.75, 3.05) is 0 Å². The van der Waals surface area contributed by atoms with Gasteiger partial charge in [-0.1, -0.05) is 126 Å². The van der Waals surface area contributed by atoms with E-state index in [4.69, 9.17) is 19.4 Å². The fraction of sp³-hybridized carbons (Fsp3) is 0.130. The number of nitrogens with zero attached hydrogens (tertiary/aromatic N) is 3. The highest BCUT2D eigenvalue weighted by atomic mass is 16.3. The number of hydrogen-bond acceptors (Lipinski definition) is 4. The van der Waals surface area contributed by atoms with Crippen LogP contribution in [0.25, 0.3) is 72.1 Å². The van der Waals surface area contributed by atoms with E-state index < -0.39 is 0 Å². The summed E-state index contributed by atoms with van der Waals surface area (Å²) in [6.07, 6.45) is 26.7. The summed E-state index contributed by atoms with van der Waals surface area (Å²) in [5, 5.41) is 5.58. The number of hydrogen-bond donors (Lipinski definition) is 0. The first kappa shape index (κ1) is 33.3. The Hall–Kier alpha value is -6.91. The zero-order valence-electron chi connectivity index (χ0n) is 32.2. The third kappa shape index (κ3) is 4.78. The van der Waals surface area contributed by atoms with Crippen molar-refractivity contribution in [3.8, 4) is 11.3 Å². The van der Waals surface area contributed by atoms with Gasteiger partial charge in [0.15, 0.2) is 0 Å². The third-order valence-electron chi connectivity index (χ3n) is 13.2. The molecule has 7 aromatic rings. The Kier molecular flexibility index (Phi) is 7.34. The fourth-order valence-electron chi connectivity index (χ4n) is 10.6. The van der Waals surface area contributed by atoms with Crippen LogP contribution in [0.1, 0.15) is 48.2 Å². The second kappa shape index (κ2) is 12.8. The van der Waals surface area contributed by atoms with Gasteiger partial charge >= 0.3 is 0 Å². The number of pyridine rings is 2. The Bertz CT molecular complexity index is 3230. The third-order valence-corrected chi connectivity index (χ3v) is 13.2. The Morgan fingerprint density at radius 2 is 1.64 bits per heavy atom. The highest BCUT2D eigenvalue weighted by molar-refractivity contribution is 6.24. The molecule has 4 heteroatoms. The lowest BCUT2D eigenvalue weighted by Crippen LogP contribution is -2.32. The predicted molar refractivity (Wildman–Crippen MR) is 240 cm³/mol. The van der Waals surface area contributed by atoms with Crippen molar-refractivity contribution < 1.29 is 4.42 Å². The zero-order valence-corrected chi connectivity index (χ0v) is 32.2. The lowest BCUT2D eigenvalue weighted by molar-refractivity contribution is 0.485. The molecule has 1 fully saturated rings. The molecule has 4 atom stereocenters.